The first kappa shape index (κ1) is 11.3. The number of hydrogen-bond acceptors (Lipinski definition) is 4. The van der Waals surface area contributed by atoms with E-state index < -0.39 is 4.92 Å². The van der Waals surface area contributed by atoms with Gasteiger partial charge in [-0.3, -0.25) is 10.1 Å². The summed E-state index contributed by atoms with van der Waals surface area (Å²) in [5.41, 5.74) is -0.219. The number of benzene rings is 1. The molecule has 0 aromatic heterocycles. The highest BCUT2D eigenvalue weighted by molar-refractivity contribution is 9.10. The zero-order chi connectivity index (χ0) is 11.8. The second kappa shape index (κ2) is 4.03. The molecule has 1 aromatic carbocycles. The third-order valence-electron chi connectivity index (χ3n) is 2.25. The number of nitrogens with zero attached hydrogens (tertiary/aromatic N) is 1. The quantitative estimate of drug-likeness (QED) is 0.485. The Morgan fingerprint density at radius 1 is 1.62 bits per heavy atom. The van der Waals surface area contributed by atoms with Crippen molar-refractivity contribution in [2.75, 3.05) is 13.2 Å². The highest BCUT2D eigenvalue weighted by Crippen LogP contribution is 2.30. The van der Waals surface area contributed by atoms with E-state index in [2.05, 4.69) is 15.9 Å². The van der Waals surface area contributed by atoms with Gasteiger partial charge < -0.3 is 9.47 Å². The lowest BCUT2D eigenvalue weighted by atomic mass is 10.2. The minimum atomic E-state index is -0.451. The molecule has 1 heterocycles. The molecule has 0 spiro atoms. The number of hydrogen-bond donors (Lipinski definition) is 0. The Hall–Kier alpha value is -1.14. The Kier molecular flexibility index (Phi) is 2.86. The lowest BCUT2D eigenvalue weighted by Gasteiger charge is -2.08. The van der Waals surface area contributed by atoms with E-state index in [-0.39, 0.29) is 11.3 Å². The first-order valence-corrected chi connectivity index (χ1v) is 5.50. The van der Waals surface area contributed by atoms with Crippen molar-refractivity contribution in [2.24, 2.45) is 0 Å². The molecule has 0 amide bonds. The molecule has 6 heteroatoms. The van der Waals surface area contributed by atoms with Crippen molar-refractivity contribution in [1.82, 2.24) is 0 Å². The second-order valence-electron chi connectivity index (χ2n) is 3.93. The zero-order valence-electron chi connectivity index (χ0n) is 8.60. The molecule has 2 rings (SSSR count). The maximum atomic E-state index is 10.6. The highest BCUT2D eigenvalue weighted by atomic mass is 79.9. The van der Waals surface area contributed by atoms with E-state index in [1.54, 1.807) is 6.07 Å². The van der Waals surface area contributed by atoms with Crippen molar-refractivity contribution in [3.63, 3.8) is 0 Å². The molecule has 1 fully saturated rings. The van der Waals surface area contributed by atoms with E-state index in [0.29, 0.717) is 23.4 Å². The molecule has 0 radical (unpaired) electrons. The number of ether oxygens (including phenoxy) is 2. The minimum Gasteiger partial charge on any atom is -0.490 e. The number of halogens is 1. The summed E-state index contributed by atoms with van der Waals surface area (Å²) < 4.78 is 11.2. The van der Waals surface area contributed by atoms with E-state index in [9.17, 15) is 10.1 Å². The van der Waals surface area contributed by atoms with Crippen molar-refractivity contribution >= 4 is 21.6 Å². The van der Waals surface area contributed by atoms with Crippen LogP contribution in [0.3, 0.4) is 0 Å². The Morgan fingerprint density at radius 3 is 2.88 bits per heavy atom. The molecule has 1 aliphatic heterocycles. The molecule has 1 aliphatic rings. The van der Waals surface area contributed by atoms with Crippen molar-refractivity contribution in [3.8, 4) is 5.75 Å². The van der Waals surface area contributed by atoms with Crippen LogP contribution < -0.4 is 4.74 Å². The van der Waals surface area contributed by atoms with E-state index >= 15 is 0 Å². The predicted octanol–water partition coefficient (Wildman–Crippen LogP) is 2.53. The van der Waals surface area contributed by atoms with Crippen LogP contribution in [0.5, 0.6) is 5.75 Å². The van der Waals surface area contributed by atoms with Crippen molar-refractivity contribution in [2.45, 2.75) is 12.5 Å². The van der Waals surface area contributed by atoms with Crippen LogP contribution in [0, 0.1) is 10.1 Å². The normalized spacial score (nSPS) is 22.9. The van der Waals surface area contributed by atoms with Gasteiger partial charge in [-0.2, -0.15) is 0 Å². The Balaban J connectivity index is 2.10. The summed E-state index contributed by atoms with van der Waals surface area (Å²) >= 11 is 3.20. The third kappa shape index (κ3) is 2.70. The van der Waals surface area contributed by atoms with Gasteiger partial charge in [0.1, 0.15) is 18.0 Å². The molecule has 1 saturated heterocycles. The fraction of sp³-hybridized carbons (Fsp3) is 0.400. The molecule has 1 atom stereocenters. The van der Waals surface area contributed by atoms with Gasteiger partial charge in [0.2, 0.25) is 0 Å². The van der Waals surface area contributed by atoms with Crippen LogP contribution in [0.4, 0.5) is 5.69 Å². The molecule has 1 aromatic rings. The average Bonchev–Trinajstić information content (AvgIpc) is 2.94. The van der Waals surface area contributed by atoms with E-state index in [0.717, 1.165) is 0 Å². The van der Waals surface area contributed by atoms with Crippen LogP contribution >= 0.6 is 15.9 Å². The standard InChI is InChI=1S/C10H10BrNO4/c1-10(6-16-10)5-15-9-3-7(11)2-8(4-9)12(13)14/h2-4H,5-6H2,1H3. The van der Waals surface area contributed by atoms with Crippen LogP contribution in [0.2, 0.25) is 0 Å². The van der Waals surface area contributed by atoms with Crippen molar-refractivity contribution in [1.29, 1.82) is 0 Å². The van der Waals surface area contributed by atoms with Gasteiger partial charge in [0.05, 0.1) is 17.6 Å². The largest absolute Gasteiger partial charge is 0.490 e. The molecule has 0 aliphatic carbocycles. The number of nitro benzene ring substituents is 1. The molecule has 86 valence electrons. The van der Waals surface area contributed by atoms with Gasteiger partial charge in [0.25, 0.3) is 5.69 Å². The first-order chi connectivity index (χ1) is 7.48. The molecule has 0 bridgehead atoms. The van der Waals surface area contributed by atoms with Crippen LogP contribution in [0.15, 0.2) is 22.7 Å². The van der Waals surface area contributed by atoms with Gasteiger partial charge in [0, 0.05) is 10.5 Å². The Labute approximate surface area is 101 Å². The van der Waals surface area contributed by atoms with Gasteiger partial charge in [-0.25, -0.2) is 0 Å². The van der Waals surface area contributed by atoms with Crippen molar-refractivity contribution in [3.05, 3.63) is 32.8 Å². The summed E-state index contributed by atoms with van der Waals surface area (Å²) in [4.78, 5) is 10.2. The van der Waals surface area contributed by atoms with Gasteiger partial charge in [-0.15, -0.1) is 0 Å². The molecular formula is C10H10BrNO4. The first-order valence-electron chi connectivity index (χ1n) is 4.70. The monoisotopic (exact) mass is 287 g/mol. The van der Waals surface area contributed by atoms with Crippen LogP contribution in [-0.4, -0.2) is 23.7 Å². The molecule has 0 saturated carbocycles. The van der Waals surface area contributed by atoms with Gasteiger partial charge >= 0.3 is 0 Å². The second-order valence-corrected chi connectivity index (χ2v) is 4.85. The molecule has 1 unspecified atom stereocenters. The fourth-order valence-corrected chi connectivity index (χ4v) is 1.64. The average molecular weight is 288 g/mol. The number of non-ortho nitro benzene ring substituents is 1. The summed E-state index contributed by atoms with van der Waals surface area (Å²) in [6.45, 7) is 3.00. The maximum Gasteiger partial charge on any atom is 0.274 e. The van der Waals surface area contributed by atoms with E-state index in [4.69, 9.17) is 9.47 Å². The Bertz CT molecular complexity index is 431. The Morgan fingerprint density at radius 2 is 2.31 bits per heavy atom. The number of epoxide rings is 1. The summed E-state index contributed by atoms with van der Waals surface area (Å²) in [5.74, 6) is 0.470. The number of rotatable bonds is 4. The van der Waals surface area contributed by atoms with Crippen LogP contribution in [-0.2, 0) is 4.74 Å². The zero-order valence-corrected chi connectivity index (χ0v) is 10.2. The SMILES string of the molecule is CC1(COc2cc(Br)cc([N+](=O)[O-])c2)CO1. The van der Waals surface area contributed by atoms with Crippen LogP contribution in [0.1, 0.15) is 6.92 Å². The highest BCUT2D eigenvalue weighted by Gasteiger charge is 2.40. The lowest BCUT2D eigenvalue weighted by molar-refractivity contribution is -0.385. The molecular weight excluding hydrogens is 278 g/mol. The summed E-state index contributed by atoms with van der Waals surface area (Å²) in [6, 6.07) is 4.53. The number of nitro groups is 1. The van der Waals surface area contributed by atoms with E-state index in [1.807, 2.05) is 6.92 Å². The molecule has 0 N–H and O–H groups in total. The maximum absolute atomic E-state index is 10.6. The van der Waals surface area contributed by atoms with Crippen LogP contribution in [0.25, 0.3) is 0 Å². The van der Waals surface area contributed by atoms with Gasteiger partial charge in [0.15, 0.2) is 0 Å². The minimum absolute atomic E-state index is 0.00578. The third-order valence-corrected chi connectivity index (χ3v) is 2.71. The van der Waals surface area contributed by atoms with E-state index in [1.165, 1.54) is 12.1 Å². The fourth-order valence-electron chi connectivity index (χ4n) is 1.18. The summed E-state index contributed by atoms with van der Waals surface area (Å²) in [5, 5.41) is 10.6. The topological polar surface area (TPSA) is 64.9 Å². The smallest absolute Gasteiger partial charge is 0.274 e. The van der Waals surface area contributed by atoms with Gasteiger partial charge in [-0.1, -0.05) is 15.9 Å². The lowest BCUT2D eigenvalue weighted by Crippen LogP contribution is -2.16. The predicted molar refractivity (Wildman–Crippen MR) is 60.6 cm³/mol. The molecule has 5 nitrogen and oxygen atoms in total. The van der Waals surface area contributed by atoms with Crippen molar-refractivity contribution < 1.29 is 14.4 Å². The summed E-state index contributed by atoms with van der Waals surface area (Å²) in [7, 11) is 0. The summed E-state index contributed by atoms with van der Waals surface area (Å²) in [6.07, 6.45) is 0. The van der Waals surface area contributed by atoms with Gasteiger partial charge in [-0.05, 0) is 13.0 Å². The molecule has 16 heavy (non-hydrogen) atoms.